The third-order valence-electron chi connectivity index (χ3n) is 5.04. The van der Waals surface area contributed by atoms with Crippen LogP contribution in [0.15, 0.2) is 27.6 Å². The van der Waals surface area contributed by atoms with E-state index in [1.807, 2.05) is 6.92 Å². The molecule has 3 rings (SSSR count). The Hall–Kier alpha value is -0.590. The summed E-state index contributed by atoms with van der Waals surface area (Å²) in [7, 11) is -3.57. The van der Waals surface area contributed by atoms with Crippen molar-refractivity contribution in [2.75, 3.05) is 5.73 Å². The zero-order valence-electron chi connectivity index (χ0n) is 12.0. The fourth-order valence-corrected chi connectivity index (χ4v) is 6.01. The van der Waals surface area contributed by atoms with Crippen molar-refractivity contribution in [3.63, 3.8) is 0 Å². The van der Waals surface area contributed by atoms with Crippen LogP contribution in [0.2, 0.25) is 0 Å². The van der Waals surface area contributed by atoms with Crippen LogP contribution in [-0.4, -0.2) is 14.5 Å². The molecule has 0 radical (unpaired) electrons. The molecule has 3 N–H and O–H groups in total. The van der Waals surface area contributed by atoms with Gasteiger partial charge in [0.05, 0.1) is 5.69 Å². The number of nitrogens with one attached hydrogen (secondary N) is 1. The molecule has 21 heavy (non-hydrogen) atoms. The number of halogens is 1. The topological polar surface area (TPSA) is 72.2 Å². The minimum Gasteiger partial charge on any atom is -0.398 e. The molecule has 4 unspecified atom stereocenters. The van der Waals surface area contributed by atoms with E-state index in [-0.39, 0.29) is 16.6 Å². The monoisotopic (exact) mass is 372 g/mol. The SMILES string of the molecule is CC(NS(=O)(=O)c1cc(Br)ccc1N)C1CC2CCC1C2. The van der Waals surface area contributed by atoms with E-state index in [0.717, 1.165) is 12.3 Å². The predicted octanol–water partition coefficient (Wildman–Crippen LogP) is 3.13. The highest BCUT2D eigenvalue weighted by Crippen LogP contribution is 2.49. The zero-order chi connectivity index (χ0) is 15.2. The Balaban J connectivity index is 1.78. The number of hydrogen-bond donors (Lipinski definition) is 2. The van der Waals surface area contributed by atoms with Crippen LogP contribution in [0.5, 0.6) is 0 Å². The van der Waals surface area contributed by atoms with E-state index in [9.17, 15) is 8.42 Å². The van der Waals surface area contributed by atoms with E-state index < -0.39 is 10.0 Å². The Bertz CT molecular complexity index is 647. The van der Waals surface area contributed by atoms with E-state index in [1.165, 1.54) is 19.3 Å². The van der Waals surface area contributed by atoms with E-state index in [2.05, 4.69) is 20.7 Å². The molecule has 2 aliphatic carbocycles. The van der Waals surface area contributed by atoms with Gasteiger partial charge in [0.1, 0.15) is 4.90 Å². The number of anilines is 1. The van der Waals surface area contributed by atoms with Gasteiger partial charge < -0.3 is 5.73 Å². The fraction of sp³-hybridized carbons (Fsp3) is 0.600. The van der Waals surface area contributed by atoms with Gasteiger partial charge in [0.25, 0.3) is 0 Å². The molecule has 0 amide bonds. The standard InChI is InChI=1S/C15H21BrN2O2S/c1-9(13-7-10-2-3-11(13)6-10)18-21(19,20)15-8-12(16)4-5-14(15)17/h4-5,8-11,13,18H,2-3,6-7,17H2,1H3. The van der Waals surface area contributed by atoms with Crippen LogP contribution in [0.4, 0.5) is 5.69 Å². The maximum Gasteiger partial charge on any atom is 0.242 e. The van der Waals surface area contributed by atoms with Crippen LogP contribution in [-0.2, 0) is 10.0 Å². The van der Waals surface area contributed by atoms with Crippen molar-refractivity contribution in [2.24, 2.45) is 17.8 Å². The van der Waals surface area contributed by atoms with Crippen molar-refractivity contribution in [3.05, 3.63) is 22.7 Å². The van der Waals surface area contributed by atoms with Crippen molar-refractivity contribution in [2.45, 2.75) is 43.5 Å². The van der Waals surface area contributed by atoms with Gasteiger partial charge in [-0.1, -0.05) is 22.4 Å². The highest BCUT2D eigenvalue weighted by Gasteiger charge is 2.42. The minimum absolute atomic E-state index is 0.0383. The van der Waals surface area contributed by atoms with Gasteiger partial charge >= 0.3 is 0 Å². The summed E-state index contributed by atoms with van der Waals surface area (Å²) in [6.45, 7) is 1.98. The van der Waals surface area contributed by atoms with Gasteiger partial charge in [-0.25, -0.2) is 13.1 Å². The first kappa shape index (κ1) is 15.3. The Morgan fingerprint density at radius 3 is 2.71 bits per heavy atom. The minimum atomic E-state index is -3.57. The summed E-state index contributed by atoms with van der Waals surface area (Å²) in [6.07, 6.45) is 5.00. The molecule has 2 saturated carbocycles. The summed E-state index contributed by atoms with van der Waals surface area (Å²) in [5, 5.41) is 0. The highest BCUT2D eigenvalue weighted by atomic mass is 79.9. The summed E-state index contributed by atoms with van der Waals surface area (Å²) < 4.78 is 28.7. The lowest BCUT2D eigenvalue weighted by atomic mass is 9.84. The summed E-state index contributed by atoms with van der Waals surface area (Å²) in [4.78, 5) is 0.159. The third kappa shape index (κ3) is 2.98. The van der Waals surface area contributed by atoms with E-state index in [1.54, 1.807) is 18.2 Å². The lowest BCUT2D eigenvalue weighted by Gasteiger charge is -2.28. The van der Waals surface area contributed by atoms with Crippen LogP contribution >= 0.6 is 15.9 Å². The van der Waals surface area contributed by atoms with Gasteiger partial charge in [-0.3, -0.25) is 0 Å². The maximum atomic E-state index is 12.6. The Morgan fingerprint density at radius 1 is 1.33 bits per heavy atom. The summed E-state index contributed by atoms with van der Waals surface area (Å²) in [6, 6.07) is 4.88. The molecule has 0 aliphatic heterocycles. The fourth-order valence-electron chi connectivity index (χ4n) is 4.04. The second kappa shape index (κ2) is 5.56. The molecule has 0 aromatic heterocycles. The molecule has 6 heteroatoms. The third-order valence-corrected chi connectivity index (χ3v) is 7.15. The smallest absolute Gasteiger partial charge is 0.242 e. The lowest BCUT2D eigenvalue weighted by molar-refractivity contribution is 0.280. The molecule has 2 aliphatic rings. The second-order valence-corrected chi connectivity index (χ2v) is 9.03. The molecule has 4 atom stereocenters. The number of sulfonamides is 1. The molecule has 0 saturated heterocycles. The number of hydrogen-bond acceptors (Lipinski definition) is 3. The van der Waals surface area contributed by atoms with Crippen molar-refractivity contribution in [3.8, 4) is 0 Å². The normalized spacial score (nSPS) is 29.7. The quantitative estimate of drug-likeness (QED) is 0.797. The van der Waals surface area contributed by atoms with Crippen LogP contribution in [0.3, 0.4) is 0 Å². The molecule has 1 aromatic carbocycles. The van der Waals surface area contributed by atoms with Gasteiger partial charge in [-0.2, -0.15) is 0 Å². The molecule has 0 heterocycles. The highest BCUT2D eigenvalue weighted by molar-refractivity contribution is 9.10. The molecule has 1 aromatic rings. The molecule has 4 nitrogen and oxygen atoms in total. The summed E-state index contributed by atoms with van der Waals surface area (Å²) >= 11 is 3.30. The average Bonchev–Trinajstić information content (AvgIpc) is 3.03. The number of fused-ring (bicyclic) bond motifs is 2. The van der Waals surface area contributed by atoms with Gasteiger partial charge in [-0.15, -0.1) is 0 Å². The van der Waals surface area contributed by atoms with Crippen LogP contribution < -0.4 is 10.5 Å². The number of nitrogen functional groups attached to an aromatic ring is 1. The lowest BCUT2D eigenvalue weighted by Crippen LogP contribution is -2.40. The van der Waals surface area contributed by atoms with Crippen molar-refractivity contribution in [1.82, 2.24) is 4.72 Å². The van der Waals surface area contributed by atoms with Crippen molar-refractivity contribution < 1.29 is 8.42 Å². The maximum absolute atomic E-state index is 12.6. The first-order chi connectivity index (χ1) is 9.87. The number of nitrogens with two attached hydrogens (primary N) is 1. The van der Waals surface area contributed by atoms with Crippen molar-refractivity contribution >= 4 is 31.6 Å². The molecule has 116 valence electrons. The molecular weight excluding hydrogens is 352 g/mol. The van der Waals surface area contributed by atoms with Crippen LogP contribution in [0, 0.1) is 17.8 Å². The van der Waals surface area contributed by atoms with Gasteiger partial charge in [0.15, 0.2) is 0 Å². The first-order valence-electron chi connectivity index (χ1n) is 7.44. The van der Waals surface area contributed by atoms with E-state index in [4.69, 9.17) is 5.73 Å². The molecule has 2 fully saturated rings. The zero-order valence-corrected chi connectivity index (χ0v) is 14.5. The Labute approximate surface area is 134 Å². The predicted molar refractivity (Wildman–Crippen MR) is 87.3 cm³/mol. The van der Waals surface area contributed by atoms with E-state index >= 15 is 0 Å². The van der Waals surface area contributed by atoms with Gasteiger partial charge in [0.2, 0.25) is 10.0 Å². The Kier molecular flexibility index (Phi) is 4.05. The Morgan fingerprint density at radius 2 is 2.10 bits per heavy atom. The largest absolute Gasteiger partial charge is 0.398 e. The number of rotatable bonds is 4. The van der Waals surface area contributed by atoms with Gasteiger partial charge in [-0.05, 0) is 62.1 Å². The van der Waals surface area contributed by atoms with Crippen LogP contribution in [0.25, 0.3) is 0 Å². The van der Waals surface area contributed by atoms with Crippen LogP contribution in [0.1, 0.15) is 32.6 Å². The summed E-state index contributed by atoms with van der Waals surface area (Å²) in [5.74, 6) is 1.96. The number of benzene rings is 1. The molecule has 2 bridgehead atoms. The second-order valence-electron chi connectivity index (χ2n) is 6.43. The first-order valence-corrected chi connectivity index (χ1v) is 9.72. The van der Waals surface area contributed by atoms with Gasteiger partial charge in [0, 0.05) is 10.5 Å². The van der Waals surface area contributed by atoms with Crippen molar-refractivity contribution in [1.29, 1.82) is 0 Å². The summed E-state index contributed by atoms with van der Waals surface area (Å²) in [5.41, 5.74) is 6.11. The molecule has 0 spiro atoms. The van der Waals surface area contributed by atoms with E-state index in [0.29, 0.717) is 16.3 Å². The average molecular weight is 373 g/mol. The molecular formula is C15H21BrN2O2S.